The number of carbonyl (C=O) groups excluding carboxylic acids is 3. The quantitative estimate of drug-likeness (QED) is 0.654. The SMILES string of the molecule is CCOc1ccccc1N1CC(C(=O)NCCNC(=O)C2CCCCC2)CC1=O. The molecule has 1 aliphatic heterocycles. The molecule has 2 aliphatic rings. The van der Waals surface area contributed by atoms with Crippen molar-refractivity contribution in [3.63, 3.8) is 0 Å². The predicted molar refractivity (Wildman–Crippen MR) is 111 cm³/mol. The summed E-state index contributed by atoms with van der Waals surface area (Å²) in [4.78, 5) is 38.7. The third kappa shape index (κ3) is 5.49. The lowest BCUT2D eigenvalue weighted by Gasteiger charge is -2.21. The van der Waals surface area contributed by atoms with Gasteiger partial charge in [0.15, 0.2) is 0 Å². The van der Waals surface area contributed by atoms with Crippen LogP contribution in [0.4, 0.5) is 5.69 Å². The largest absolute Gasteiger partial charge is 0.492 e. The molecular formula is C22H31N3O4. The van der Waals surface area contributed by atoms with Gasteiger partial charge in [0, 0.05) is 32.0 Å². The van der Waals surface area contributed by atoms with E-state index in [4.69, 9.17) is 4.74 Å². The van der Waals surface area contributed by atoms with Crippen LogP contribution in [-0.2, 0) is 14.4 Å². The van der Waals surface area contributed by atoms with E-state index >= 15 is 0 Å². The normalized spacial score (nSPS) is 19.8. The van der Waals surface area contributed by atoms with Crippen LogP contribution in [0.15, 0.2) is 24.3 Å². The third-order valence-corrected chi connectivity index (χ3v) is 5.65. The molecule has 1 saturated heterocycles. The van der Waals surface area contributed by atoms with Crippen molar-refractivity contribution in [1.29, 1.82) is 0 Å². The summed E-state index contributed by atoms with van der Waals surface area (Å²) in [5.74, 6) is 0.227. The summed E-state index contributed by atoms with van der Waals surface area (Å²) >= 11 is 0. The van der Waals surface area contributed by atoms with E-state index in [0.717, 1.165) is 25.7 Å². The molecule has 0 aromatic heterocycles. The van der Waals surface area contributed by atoms with Gasteiger partial charge in [-0.3, -0.25) is 14.4 Å². The zero-order chi connectivity index (χ0) is 20.6. The summed E-state index contributed by atoms with van der Waals surface area (Å²) in [5, 5.41) is 5.77. The first-order chi connectivity index (χ1) is 14.1. The average Bonchev–Trinajstić information content (AvgIpc) is 3.14. The minimum absolute atomic E-state index is 0.0806. The minimum atomic E-state index is -0.397. The summed E-state index contributed by atoms with van der Waals surface area (Å²) in [6, 6.07) is 7.38. The van der Waals surface area contributed by atoms with Gasteiger partial charge in [0.05, 0.1) is 18.2 Å². The van der Waals surface area contributed by atoms with E-state index in [2.05, 4.69) is 10.6 Å². The lowest BCUT2D eigenvalue weighted by molar-refractivity contribution is -0.127. The Bertz CT molecular complexity index is 731. The molecule has 1 aromatic carbocycles. The zero-order valence-electron chi connectivity index (χ0n) is 17.1. The summed E-state index contributed by atoms with van der Waals surface area (Å²) in [6.45, 7) is 3.53. The lowest BCUT2D eigenvalue weighted by atomic mass is 9.89. The van der Waals surface area contributed by atoms with Crippen molar-refractivity contribution in [3.8, 4) is 5.75 Å². The van der Waals surface area contributed by atoms with Crippen molar-refractivity contribution in [3.05, 3.63) is 24.3 Å². The highest BCUT2D eigenvalue weighted by molar-refractivity contribution is 6.01. The molecule has 2 N–H and O–H groups in total. The van der Waals surface area contributed by atoms with Crippen molar-refractivity contribution in [2.75, 3.05) is 31.1 Å². The van der Waals surface area contributed by atoms with Crippen LogP contribution in [0, 0.1) is 11.8 Å². The van der Waals surface area contributed by atoms with Gasteiger partial charge in [-0.1, -0.05) is 31.4 Å². The Morgan fingerprint density at radius 1 is 1.03 bits per heavy atom. The van der Waals surface area contributed by atoms with Crippen LogP contribution < -0.4 is 20.3 Å². The van der Waals surface area contributed by atoms with Crippen LogP contribution in [0.25, 0.3) is 0 Å². The molecule has 1 aromatic rings. The highest BCUT2D eigenvalue weighted by atomic mass is 16.5. The number of para-hydroxylation sites is 2. The third-order valence-electron chi connectivity index (χ3n) is 5.65. The smallest absolute Gasteiger partial charge is 0.227 e. The number of carbonyl (C=O) groups is 3. The number of anilines is 1. The van der Waals surface area contributed by atoms with Gasteiger partial charge < -0.3 is 20.3 Å². The highest BCUT2D eigenvalue weighted by Gasteiger charge is 2.36. The number of benzene rings is 1. The average molecular weight is 402 g/mol. The number of nitrogens with one attached hydrogen (secondary N) is 2. The molecule has 0 bridgehead atoms. The first kappa shape index (κ1) is 21.1. The summed E-state index contributed by atoms with van der Waals surface area (Å²) in [5.41, 5.74) is 0.703. The molecule has 158 valence electrons. The Balaban J connectivity index is 1.45. The van der Waals surface area contributed by atoms with E-state index in [1.807, 2.05) is 31.2 Å². The fraction of sp³-hybridized carbons (Fsp3) is 0.591. The number of amides is 3. The van der Waals surface area contributed by atoms with Gasteiger partial charge in [-0.25, -0.2) is 0 Å². The molecule has 29 heavy (non-hydrogen) atoms. The monoisotopic (exact) mass is 401 g/mol. The Morgan fingerprint density at radius 2 is 1.69 bits per heavy atom. The van der Waals surface area contributed by atoms with E-state index in [9.17, 15) is 14.4 Å². The van der Waals surface area contributed by atoms with Gasteiger partial charge in [0.2, 0.25) is 17.7 Å². The Kier molecular flexibility index (Phi) is 7.49. The maximum absolute atomic E-state index is 12.5. The fourth-order valence-corrected chi connectivity index (χ4v) is 4.10. The molecule has 7 heteroatoms. The van der Waals surface area contributed by atoms with Crippen LogP contribution in [-0.4, -0.2) is 44.0 Å². The predicted octanol–water partition coefficient (Wildman–Crippen LogP) is 2.25. The molecule has 1 aliphatic carbocycles. The van der Waals surface area contributed by atoms with Crippen molar-refractivity contribution in [2.24, 2.45) is 11.8 Å². The topological polar surface area (TPSA) is 87.7 Å². The minimum Gasteiger partial charge on any atom is -0.492 e. The fourth-order valence-electron chi connectivity index (χ4n) is 4.10. The molecular weight excluding hydrogens is 370 g/mol. The molecule has 1 saturated carbocycles. The number of hydrogen-bond donors (Lipinski definition) is 2. The molecule has 0 radical (unpaired) electrons. The van der Waals surface area contributed by atoms with Crippen LogP contribution in [0.1, 0.15) is 45.4 Å². The Hall–Kier alpha value is -2.57. The number of ether oxygens (including phenoxy) is 1. The number of hydrogen-bond acceptors (Lipinski definition) is 4. The zero-order valence-corrected chi connectivity index (χ0v) is 17.1. The molecule has 1 heterocycles. The van der Waals surface area contributed by atoms with Crippen LogP contribution in [0.3, 0.4) is 0 Å². The molecule has 3 rings (SSSR count). The Labute approximate surface area is 172 Å². The van der Waals surface area contributed by atoms with E-state index in [1.165, 1.54) is 6.42 Å². The van der Waals surface area contributed by atoms with Gasteiger partial charge in [-0.15, -0.1) is 0 Å². The Morgan fingerprint density at radius 3 is 2.38 bits per heavy atom. The summed E-state index contributed by atoms with van der Waals surface area (Å²) in [7, 11) is 0. The van der Waals surface area contributed by atoms with Crippen LogP contribution >= 0.6 is 0 Å². The number of rotatable bonds is 8. The van der Waals surface area contributed by atoms with Gasteiger partial charge in [0.25, 0.3) is 0 Å². The maximum atomic E-state index is 12.5. The molecule has 1 atom stereocenters. The lowest BCUT2D eigenvalue weighted by Crippen LogP contribution is -2.40. The van der Waals surface area contributed by atoms with Crippen molar-refractivity contribution < 1.29 is 19.1 Å². The van der Waals surface area contributed by atoms with E-state index in [0.29, 0.717) is 37.7 Å². The maximum Gasteiger partial charge on any atom is 0.227 e. The second-order valence-electron chi connectivity index (χ2n) is 7.72. The first-order valence-electron chi connectivity index (χ1n) is 10.7. The standard InChI is InChI=1S/C22H31N3O4/c1-2-29-19-11-7-6-10-18(19)25-15-17(14-20(25)26)22(28)24-13-12-23-21(27)16-8-4-3-5-9-16/h6-7,10-11,16-17H,2-5,8-9,12-15H2,1H3,(H,23,27)(H,24,28). The molecule has 3 amide bonds. The van der Waals surface area contributed by atoms with E-state index in [-0.39, 0.29) is 30.1 Å². The van der Waals surface area contributed by atoms with Gasteiger partial charge in [-0.2, -0.15) is 0 Å². The molecule has 2 fully saturated rings. The van der Waals surface area contributed by atoms with Gasteiger partial charge >= 0.3 is 0 Å². The second-order valence-corrected chi connectivity index (χ2v) is 7.72. The molecule has 0 spiro atoms. The summed E-state index contributed by atoms with van der Waals surface area (Å²) in [6.07, 6.45) is 5.55. The van der Waals surface area contributed by atoms with Crippen LogP contribution in [0.5, 0.6) is 5.75 Å². The first-order valence-corrected chi connectivity index (χ1v) is 10.7. The van der Waals surface area contributed by atoms with Crippen molar-refractivity contribution >= 4 is 23.4 Å². The summed E-state index contributed by atoms with van der Waals surface area (Å²) < 4.78 is 5.61. The molecule has 7 nitrogen and oxygen atoms in total. The van der Waals surface area contributed by atoms with Gasteiger partial charge in [-0.05, 0) is 31.9 Å². The molecule has 1 unspecified atom stereocenters. The van der Waals surface area contributed by atoms with Crippen LogP contribution in [0.2, 0.25) is 0 Å². The van der Waals surface area contributed by atoms with Crippen molar-refractivity contribution in [1.82, 2.24) is 10.6 Å². The van der Waals surface area contributed by atoms with E-state index in [1.54, 1.807) is 4.90 Å². The van der Waals surface area contributed by atoms with E-state index < -0.39 is 5.92 Å². The number of nitrogens with zero attached hydrogens (tertiary/aromatic N) is 1. The van der Waals surface area contributed by atoms with Gasteiger partial charge in [0.1, 0.15) is 5.75 Å². The second kappa shape index (κ2) is 10.3. The highest BCUT2D eigenvalue weighted by Crippen LogP contribution is 2.33. The van der Waals surface area contributed by atoms with Crippen molar-refractivity contribution in [2.45, 2.75) is 45.4 Å².